The first-order chi connectivity index (χ1) is 8.18. The Morgan fingerprint density at radius 1 is 1.12 bits per heavy atom. The largest absolute Gasteiger partial charge is 0.308 e. The van der Waals surface area contributed by atoms with Gasteiger partial charge in [-0.15, -0.1) is 11.3 Å². The molecule has 17 heavy (non-hydrogen) atoms. The lowest BCUT2D eigenvalue weighted by atomic mass is 10.2. The van der Waals surface area contributed by atoms with Crippen LogP contribution in [0.2, 0.25) is 10.0 Å². The molecule has 0 amide bonds. The predicted molar refractivity (Wildman–Crippen MR) is 79.0 cm³/mol. The van der Waals surface area contributed by atoms with E-state index >= 15 is 0 Å². The molecule has 1 nitrogen and oxygen atoms in total. The molecule has 0 fully saturated rings. The quantitative estimate of drug-likeness (QED) is 0.808. The Balaban J connectivity index is 1.97. The lowest BCUT2D eigenvalue weighted by Crippen LogP contribution is -2.12. The first-order valence-electron chi connectivity index (χ1n) is 5.04. The first-order valence-corrected chi connectivity index (χ1v) is 7.47. The second-order valence-electron chi connectivity index (χ2n) is 3.50. The highest BCUT2D eigenvalue weighted by Crippen LogP contribution is 2.25. The van der Waals surface area contributed by atoms with E-state index in [1.165, 1.54) is 4.88 Å². The Bertz CT molecular complexity index is 493. The van der Waals surface area contributed by atoms with E-state index < -0.39 is 0 Å². The molecule has 0 aliphatic carbocycles. The molecule has 1 N–H and O–H groups in total. The van der Waals surface area contributed by atoms with Crippen LogP contribution in [-0.4, -0.2) is 0 Å². The molecule has 2 aromatic rings. The van der Waals surface area contributed by atoms with Gasteiger partial charge in [-0.2, -0.15) is 0 Å². The van der Waals surface area contributed by atoms with E-state index in [4.69, 9.17) is 23.2 Å². The number of thiophene rings is 1. The third-order valence-corrected chi connectivity index (χ3v) is 4.97. The van der Waals surface area contributed by atoms with E-state index in [1.807, 2.05) is 24.3 Å². The maximum atomic E-state index is 6.09. The number of halogens is 3. The average Bonchev–Trinajstić information content (AvgIpc) is 2.69. The van der Waals surface area contributed by atoms with E-state index in [-0.39, 0.29) is 0 Å². The van der Waals surface area contributed by atoms with Crippen molar-refractivity contribution in [3.63, 3.8) is 0 Å². The van der Waals surface area contributed by atoms with Crippen LogP contribution in [0.15, 0.2) is 34.1 Å². The van der Waals surface area contributed by atoms with Crippen LogP contribution >= 0.6 is 50.5 Å². The van der Waals surface area contributed by atoms with Crippen molar-refractivity contribution in [2.75, 3.05) is 0 Å². The second kappa shape index (κ2) is 6.21. The van der Waals surface area contributed by atoms with Gasteiger partial charge in [0.2, 0.25) is 0 Å². The van der Waals surface area contributed by atoms with Gasteiger partial charge in [-0.05, 0) is 39.5 Å². The number of hydrogen-bond donors (Lipinski definition) is 1. The highest BCUT2D eigenvalue weighted by atomic mass is 79.9. The van der Waals surface area contributed by atoms with Crippen molar-refractivity contribution < 1.29 is 0 Å². The van der Waals surface area contributed by atoms with Gasteiger partial charge in [0, 0.05) is 38.0 Å². The lowest BCUT2D eigenvalue weighted by Gasteiger charge is -2.08. The maximum Gasteiger partial charge on any atom is 0.0465 e. The molecule has 90 valence electrons. The van der Waals surface area contributed by atoms with Crippen LogP contribution < -0.4 is 5.32 Å². The second-order valence-corrected chi connectivity index (χ2v) is 6.16. The fourth-order valence-corrected chi connectivity index (χ4v) is 3.45. The fourth-order valence-electron chi connectivity index (χ4n) is 1.45. The van der Waals surface area contributed by atoms with Crippen molar-refractivity contribution in [2.45, 2.75) is 13.1 Å². The van der Waals surface area contributed by atoms with E-state index in [2.05, 4.69) is 26.6 Å². The molecule has 0 aliphatic rings. The third-order valence-electron chi connectivity index (χ3n) is 2.34. The summed E-state index contributed by atoms with van der Waals surface area (Å²) in [7, 11) is 0. The Morgan fingerprint density at radius 3 is 2.41 bits per heavy atom. The Labute approximate surface area is 123 Å². The summed E-state index contributed by atoms with van der Waals surface area (Å²) in [6.07, 6.45) is 0. The lowest BCUT2D eigenvalue weighted by molar-refractivity contribution is 0.700. The van der Waals surface area contributed by atoms with Crippen molar-refractivity contribution in [1.29, 1.82) is 0 Å². The summed E-state index contributed by atoms with van der Waals surface area (Å²) in [6, 6.07) is 7.60. The van der Waals surface area contributed by atoms with Gasteiger partial charge >= 0.3 is 0 Å². The molecule has 0 saturated heterocycles. The summed E-state index contributed by atoms with van der Waals surface area (Å²) in [5.41, 5.74) is 0.948. The van der Waals surface area contributed by atoms with Crippen LogP contribution in [0.1, 0.15) is 10.4 Å². The van der Waals surface area contributed by atoms with Gasteiger partial charge in [0.1, 0.15) is 0 Å². The molecule has 0 saturated carbocycles. The van der Waals surface area contributed by atoms with E-state index in [1.54, 1.807) is 11.3 Å². The molecule has 1 aromatic carbocycles. The summed E-state index contributed by atoms with van der Waals surface area (Å²) in [6.45, 7) is 1.47. The molecule has 0 atom stereocenters. The highest BCUT2D eigenvalue weighted by molar-refractivity contribution is 9.10. The smallest absolute Gasteiger partial charge is 0.0465 e. The number of hydrogen-bond acceptors (Lipinski definition) is 2. The molecule has 0 radical (unpaired) electrons. The SMILES string of the molecule is Clc1cccc(Cl)c1CNCc1sccc1Br. The average molecular weight is 351 g/mol. The van der Waals surface area contributed by atoms with Crippen LogP contribution in [-0.2, 0) is 13.1 Å². The normalized spacial score (nSPS) is 10.8. The van der Waals surface area contributed by atoms with Crippen molar-refractivity contribution in [3.8, 4) is 0 Å². The molecule has 1 heterocycles. The van der Waals surface area contributed by atoms with Crippen LogP contribution in [0, 0.1) is 0 Å². The minimum absolute atomic E-state index is 0.669. The standard InChI is InChI=1S/C12H10BrCl2NS/c13-9-4-5-17-12(9)7-16-6-8-10(14)2-1-3-11(8)15/h1-5,16H,6-7H2. The summed E-state index contributed by atoms with van der Waals surface area (Å²) in [5.74, 6) is 0. The minimum atomic E-state index is 0.669. The van der Waals surface area contributed by atoms with E-state index in [0.717, 1.165) is 16.6 Å². The Morgan fingerprint density at radius 2 is 1.82 bits per heavy atom. The van der Waals surface area contributed by atoms with Gasteiger partial charge in [-0.1, -0.05) is 29.3 Å². The van der Waals surface area contributed by atoms with Crippen molar-refractivity contribution in [3.05, 3.63) is 54.6 Å². The number of rotatable bonds is 4. The van der Waals surface area contributed by atoms with E-state index in [9.17, 15) is 0 Å². The summed E-state index contributed by atoms with van der Waals surface area (Å²) in [5, 5.41) is 6.81. The van der Waals surface area contributed by atoms with Crippen LogP contribution in [0.4, 0.5) is 0 Å². The molecule has 0 aliphatic heterocycles. The van der Waals surface area contributed by atoms with Crippen molar-refractivity contribution >= 4 is 50.5 Å². The van der Waals surface area contributed by atoms with Gasteiger partial charge in [-0.25, -0.2) is 0 Å². The summed E-state index contributed by atoms with van der Waals surface area (Å²) in [4.78, 5) is 1.27. The zero-order valence-corrected chi connectivity index (χ0v) is 12.8. The number of nitrogens with one attached hydrogen (secondary N) is 1. The molecular weight excluding hydrogens is 341 g/mol. The van der Waals surface area contributed by atoms with Gasteiger partial charge in [0.05, 0.1) is 0 Å². The van der Waals surface area contributed by atoms with Crippen LogP contribution in [0.3, 0.4) is 0 Å². The van der Waals surface area contributed by atoms with Crippen LogP contribution in [0.5, 0.6) is 0 Å². The Hall–Kier alpha value is -0.0600. The first kappa shape index (κ1) is 13.4. The van der Waals surface area contributed by atoms with Gasteiger partial charge in [0.25, 0.3) is 0 Å². The molecule has 5 heteroatoms. The topological polar surface area (TPSA) is 12.0 Å². The zero-order valence-electron chi connectivity index (χ0n) is 8.84. The molecular formula is C12H10BrCl2NS. The molecule has 2 rings (SSSR count). The third kappa shape index (κ3) is 3.46. The van der Waals surface area contributed by atoms with Crippen LogP contribution in [0.25, 0.3) is 0 Å². The zero-order chi connectivity index (χ0) is 12.3. The minimum Gasteiger partial charge on any atom is -0.308 e. The molecule has 0 unspecified atom stereocenters. The van der Waals surface area contributed by atoms with E-state index in [0.29, 0.717) is 16.6 Å². The maximum absolute atomic E-state index is 6.09. The Kier molecular flexibility index (Phi) is 4.88. The monoisotopic (exact) mass is 349 g/mol. The molecule has 1 aromatic heterocycles. The fraction of sp³-hybridized carbons (Fsp3) is 0.167. The van der Waals surface area contributed by atoms with Gasteiger partial charge in [-0.3, -0.25) is 0 Å². The van der Waals surface area contributed by atoms with Crippen molar-refractivity contribution in [2.24, 2.45) is 0 Å². The predicted octanol–water partition coefficient (Wildman–Crippen LogP) is 5.11. The number of benzene rings is 1. The molecule has 0 bridgehead atoms. The van der Waals surface area contributed by atoms with Gasteiger partial charge < -0.3 is 5.32 Å². The van der Waals surface area contributed by atoms with Crippen molar-refractivity contribution in [1.82, 2.24) is 5.32 Å². The summed E-state index contributed by atoms with van der Waals surface area (Å²) >= 11 is 17.4. The highest BCUT2D eigenvalue weighted by Gasteiger charge is 2.06. The molecule has 0 spiro atoms. The summed E-state index contributed by atoms with van der Waals surface area (Å²) < 4.78 is 1.14. The van der Waals surface area contributed by atoms with Gasteiger partial charge in [0.15, 0.2) is 0 Å².